The van der Waals surface area contributed by atoms with Crippen molar-refractivity contribution in [3.8, 4) is 17.7 Å². The van der Waals surface area contributed by atoms with Gasteiger partial charge in [0, 0.05) is 12.0 Å². The zero-order valence-corrected chi connectivity index (χ0v) is 17.4. The summed E-state index contributed by atoms with van der Waals surface area (Å²) in [6.07, 6.45) is 2.54. The average Bonchev–Trinajstić information content (AvgIpc) is 2.73. The summed E-state index contributed by atoms with van der Waals surface area (Å²) in [5.74, 6) is 4.66. The number of hydrogen-bond acceptors (Lipinski definition) is 7. The third kappa shape index (κ3) is 4.63. The molecule has 31 heavy (non-hydrogen) atoms. The van der Waals surface area contributed by atoms with Gasteiger partial charge in [-0.2, -0.15) is 0 Å². The molecule has 2 atom stereocenters. The van der Waals surface area contributed by atoms with Gasteiger partial charge in [-0.1, -0.05) is 12.0 Å². The zero-order valence-electron chi connectivity index (χ0n) is 17.4. The number of alkyl halides is 1. The van der Waals surface area contributed by atoms with Crippen molar-refractivity contribution in [2.24, 2.45) is 10.7 Å². The van der Waals surface area contributed by atoms with Crippen LogP contribution in [0, 0.1) is 17.7 Å². The van der Waals surface area contributed by atoms with Crippen LogP contribution in [0.1, 0.15) is 42.4 Å². The molecule has 1 aliphatic heterocycles. The highest BCUT2D eigenvalue weighted by Gasteiger charge is 2.51. The molecular weight excluding hydrogens is 406 g/mol. The van der Waals surface area contributed by atoms with E-state index in [1.807, 2.05) is 0 Å². The van der Waals surface area contributed by atoms with Crippen LogP contribution in [0.3, 0.4) is 0 Å². The number of benzene rings is 1. The summed E-state index contributed by atoms with van der Waals surface area (Å²) in [6, 6.07) is 3.83. The maximum absolute atomic E-state index is 15.2. The summed E-state index contributed by atoms with van der Waals surface area (Å²) in [7, 11) is 0. The smallest absolute Gasteiger partial charge is 0.283 e. The number of nitrogens with two attached hydrogens (primary N) is 1. The Morgan fingerprint density at radius 3 is 2.77 bits per heavy atom. The number of hydrogen-bond donors (Lipinski definition) is 1. The van der Waals surface area contributed by atoms with Gasteiger partial charge >= 0.3 is 0 Å². The van der Waals surface area contributed by atoms with Gasteiger partial charge in [0.25, 0.3) is 6.02 Å². The van der Waals surface area contributed by atoms with E-state index in [-0.39, 0.29) is 48.6 Å². The number of amidine groups is 1. The van der Waals surface area contributed by atoms with Crippen molar-refractivity contribution in [1.29, 1.82) is 0 Å². The number of carbonyl (C=O) groups is 1. The van der Waals surface area contributed by atoms with Crippen molar-refractivity contribution < 1.29 is 23.0 Å². The van der Waals surface area contributed by atoms with Crippen molar-refractivity contribution in [3.63, 3.8) is 0 Å². The molecule has 0 aliphatic carbocycles. The lowest BCUT2D eigenvalue weighted by Crippen LogP contribution is -2.52. The predicted molar refractivity (Wildman–Crippen MR) is 110 cm³/mol. The number of ketones is 1. The Hall–Kier alpha value is -3.54. The van der Waals surface area contributed by atoms with Gasteiger partial charge in [-0.25, -0.2) is 23.7 Å². The van der Waals surface area contributed by atoms with Crippen LogP contribution in [0.2, 0.25) is 0 Å². The van der Waals surface area contributed by atoms with Gasteiger partial charge in [0.1, 0.15) is 23.7 Å². The Kier molecular flexibility index (Phi) is 6.20. The highest BCUT2D eigenvalue weighted by molar-refractivity contribution is 5.95. The highest BCUT2D eigenvalue weighted by atomic mass is 19.1. The third-order valence-electron chi connectivity index (χ3n) is 5.14. The fraction of sp³-hybridized carbons (Fsp3) is 0.364. The molecule has 0 fully saturated rings. The number of halogens is 2. The van der Waals surface area contributed by atoms with Crippen molar-refractivity contribution in [3.05, 3.63) is 53.2 Å². The first-order chi connectivity index (χ1) is 14.7. The van der Waals surface area contributed by atoms with E-state index >= 15 is 4.39 Å². The molecule has 2 aromatic rings. The fourth-order valence-electron chi connectivity index (χ4n) is 3.11. The molecule has 0 bridgehead atoms. The van der Waals surface area contributed by atoms with Gasteiger partial charge in [-0.05, 0) is 38.5 Å². The maximum Gasteiger partial charge on any atom is 0.283 e. The molecule has 0 radical (unpaired) electrons. The molecule has 7 nitrogen and oxygen atoms in total. The Balaban J connectivity index is 1.83. The first kappa shape index (κ1) is 22.2. The van der Waals surface area contributed by atoms with E-state index < -0.39 is 17.0 Å². The third-order valence-corrected chi connectivity index (χ3v) is 5.14. The Labute approximate surface area is 178 Å². The molecule has 1 aromatic carbocycles. The van der Waals surface area contributed by atoms with Gasteiger partial charge in [0.15, 0.2) is 18.1 Å². The number of aliphatic imine (C=N–C) groups is 1. The van der Waals surface area contributed by atoms with Gasteiger partial charge in [-0.3, -0.25) is 4.79 Å². The Morgan fingerprint density at radius 2 is 2.10 bits per heavy atom. The molecule has 0 unspecified atom stereocenters. The molecule has 0 amide bonds. The normalized spacial score (nSPS) is 22.5. The van der Waals surface area contributed by atoms with Crippen molar-refractivity contribution in [2.45, 2.75) is 38.4 Å². The Morgan fingerprint density at radius 1 is 1.32 bits per heavy atom. The summed E-state index contributed by atoms with van der Waals surface area (Å²) in [4.78, 5) is 24.7. The molecule has 1 aromatic heterocycles. The number of ether oxygens (including phenoxy) is 2. The van der Waals surface area contributed by atoms with E-state index in [0.29, 0.717) is 5.56 Å². The molecule has 9 heteroatoms. The fourth-order valence-corrected chi connectivity index (χ4v) is 3.11. The molecule has 0 spiro atoms. The predicted octanol–water partition coefficient (Wildman–Crippen LogP) is 2.73. The second-order valence-corrected chi connectivity index (χ2v) is 7.38. The van der Waals surface area contributed by atoms with Crippen LogP contribution in [-0.2, 0) is 16.7 Å². The van der Waals surface area contributed by atoms with E-state index in [0.717, 1.165) is 0 Å². The lowest BCUT2D eigenvalue weighted by atomic mass is 9.77. The van der Waals surface area contributed by atoms with E-state index in [1.165, 1.54) is 44.4 Å². The van der Waals surface area contributed by atoms with Crippen LogP contribution in [0.15, 0.2) is 35.6 Å². The maximum atomic E-state index is 15.2. The average molecular weight is 428 g/mol. The standard InChI is InChI=1S/C22H22F2N4O3/c1-4-5-8-30-19-12-26-17(11-27-19)18(29)10-14-6-7-16(23)15(9-14)22(3)21(2,24)13-31-20(25)28-22/h6-7,9,11-12H,8,10,13H2,1-3H3,(H2,25,28)/t21-,22+/m0/s1. The van der Waals surface area contributed by atoms with Crippen molar-refractivity contribution in [2.75, 3.05) is 13.2 Å². The highest BCUT2D eigenvalue weighted by Crippen LogP contribution is 2.43. The lowest BCUT2D eigenvalue weighted by Gasteiger charge is -2.40. The largest absolute Gasteiger partial charge is 0.463 e. The van der Waals surface area contributed by atoms with Crippen molar-refractivity contribution >= 4 is 11.8 Å². The van der Waals surface area contributed by atoms with Crippen LogP contribution >= 0.6 is 0 Å². The quantitative estimate of drug-likeness (QED) is 0.561. The SMILES string of the molecule is CC#CCOc1cnc(C(=O)Cc2ccc(F)c([C@@]3(C)N=C(N)OC[C@]3(C)F)c2)cn1. The number of aromatic nitrogens is 2. The molecular formula is C22H22F2N4O3. The summed E-state index contributed by atoms with van der Waals surface area (Å²) in [5, 5.41) is 0. The number of carbonyl (C=O) groups excluding carboxylic acids is 1. The zero-order chi connectivity index (χ0) is 22.6. The summed E-state index contributed by atoms with van der Waals surface area (Å²) in [5.41, 5.74) is 2.57. The van der Waals surface area contributed by atoms with E-state index in [4.69, 9.17) is 15.2 Å². The number of Topliss-reactive ketones (excluding diaryl/α,β-unsaturated/α-hetero) is 1. The van der Waals surface area contributed by atoms with Gasteiger partial charge in [0.2, 0.25) is 5.88 Å². The summed E-state index contributed by atoms with van der Waals surface area (Å²) < 4.78 is 40.1. The second-order valence-electron chi connectivity index (χ2n) is 7.38. The van der Waals surface area contributed by atoms with Gasteiger partial charge in [0.05, 0.1) is 12.4 Å². The van der Waals surface area contributed by atoms with Crippen LogP contribution in [0.5, 0.6) is 5.88 Å². The van der Waals surface area contributed by atoms with Gasteiger partial charge in [-0.15, -0.1) is 5.92 Å². The number of nitrogens with zero attached hydrogens (tertiary/aromatic N) is 3. The topological polar surface area (TPSA) is 99.7 Å². The van der Waals surface area contributed by atoms with Gasteiger partial charge < -0.3 is 15.2 Å². The summed E-state index contributed by atoms with van der Waals surface area (Å²) >= 11 is 0. The monoisotopic (exact) mass is 428 g/mol. The molecule has 162 valence electrons. The van der Waals surface area contributed by atoms with Crippen LogP contribution in [0.4, 0.5) is 8.78 Å². The minimum absolute atomic E-state index is 0.0130. The lowest BCUT2D eigenvalue weighted by molar-refractivity contribution is 0.00398. The molecule has 0 saturated carbocycles. The van der Waals surface area contributed by atoms with Crippen LogP contribution in [-0.4, -0.2) is 40.7 Å². The first-order valence-corrected chi connectivity index (χ1v) is 9.50. The molecule has 2 N–H and O–H groups in total. The van der Waals surface area contributed by atoms with Crippen molar-refractivity contribution in [1.82, 2.24) is 9.97 Å². The van der Waals surface area contributed by atoms with E-state index in [9.17, 15) is 9.18 Å². The molecule has 3 rings (SSSR count). The van der Waals surface area contributed by atoms with Crippen LogP contribution in [0.25, 0.3) is 0 Å². The molecule has 1 aliphatic rings. The van der Waals surface area contributed by atoms with E-state index in [1.54, 1.807) is 6.92 Å². The second kappa shape index (κ2) is 8.68. The van der Waals surface area contributed by atoms with E-state index in [2.05, 4.69) is 26.8 Å². The number of rotatable bonds is 6. The minimum Gasteiger partial charge on any atom is -0.463 e. The molecule has 0 saturated heterocycles. The Bertz CT molecular complexity index is 1070. The minimum atomic E-state index is -2.01. The summed E-state index contributed by atoms with van der Waals surface area (Å²) in [6.45, 7) is 4.21. The van der Waals surface area contributed by atoms with Crippen LogP contribution < -0.4 is 10.5 Å². The first-order valence-electron chi connectivity index (χ1n) is 9.50. The molecule has 2 heterocycles.